The number of sulfonamides is 1. The van der Waals surface area contributed by atoms with E-state index < -0.39 is 10.0 Å². The maximum Gasteiger partial charge on any atom is 0.245 e. The SMILES string of the molecule is CCOc1ccncc1S(=O)(=O)NCCc1cn(CC)nn1. The monoisotopic (exact) mass is 325 g/mol. The minimum Gasteiger partial charge on any atom is -0.492 e. The molecule has 8 nitrogen and oxygen atoms in total. The van der Waals surface area contributed by atoms with Gasteiger partial charge in [-0.05, 0) is 19.9 Å². The van der Waals surface area contributed by atoms with Crippen molar-refractivity contribution >= 4 is 10.0 Å². The molecule has 2 heterocycles. The Bertz CT molecular complexity index is 714. The lowest BCUT2D eigenvalue weighted by atomic mass is 10.3. The predicted octanol–water partition coefficient (Wildman–Crippen LogP) is 0.613. The third-order valence-electron chi connectivity index (χ3n) is 2.92. The fourth-order valence-electron chi connectivity index (χ4n) is 1.84. The summed E-state index contributed by atoms with van der Waals surface area (Å²) in [7, 11) is -3.67. The van der Waals surface area contributed by atoms with E-state index in [9.17, 15) is 8.42 Å². The summed E-state index contributed by atoms with van der Waals surface area (Å²) in [5.74, 6) is 0.293. The van der Waals surface area contributed by atoms with E-state index >= 15 is 0 Å². The van der Waals surface area contributed by atoms with Gasteiger partial charge in [0, 0.05) is 31.9 Å². The molecule has 0 spiro atoms. The molecule has 0 saturated heterocycles. The van der Waals surface area contributed by atoms with Gasteiger partial charge in [0.05, 0.1) is 18.5 Å². The number of rotatable bonds is 8. The van der Waals surface area contributed by atoms with Crippen molar-refractivity contribution in [1.82, 2.24) is 24.7 Å². The van der Waals surface area contributed by atoms with Crippen LogP contribution in [0.25, 0.3) is 0 Å². The van der Waals surface area contributed by atoms with Crippen LogP contribution in [-0.2, 0) is 23.0 Å². The van der Waals surface area contributed by atoms with E-state index in [0.717, 1.165) is 12.2 Å². The van der Waals surface area contributed by atoms with Gasteiger partial charge in [-0.2, -0.15) is 0 Å². The summed E-state index contributed by atoms with van der Waals surface area (Å²) in [6.07, 6.45) is 5.03. The maximum absolute atomic E-state index is 12.3. The van der Waals surface area contributed by atoms with Crippen molar-refractivity contribution in [2.75, 3.05) is 13.2 Å². The lowest BCUT2D eigenvalue weighted by Crippen LogP contribution is -2.26. The Morgan fingerprint density at radius 1 is 1.36 bits per heavy atom. The molecule has 0 bridgehead atoms. The molecule has 0 atom stereocenters. The first-order chi connectivity index (χ1) is 10.6. The molecule has 1 N–H and O–H groups in total. The van der Waals surface area contributed by atoms with Gasteiger partial charge >= 0.3 is 0 Å². The van der Waals surface area contributed by atoms with Crippen LogP contribution in [0.15, 0.2) is 29.6 Å². The molecule has 0 aliphatic heterocycles. The Morgan fingerprint density at radius 2 is 2.18 bits per heavy atom. The number of nitrogens with zero attached hydrogens (tertiary/aromatic N) is 4. The quantitative estimate of drug-likeness (QED) is 0.763. The van der Waals surface area contributed by atoms with Gasteiger partial charge in [-0.15, -0.1) is 5.10 Å². The van der Waals surface area contributed by atoms with Gasteiger partial charge in [-0.25, -0.2) is 13.1 Å². The zero-order chi connectivity index (χ0) is 16.0. The number of aromatic nitrogens is 4. The minimum absolute atomic E-state index is 0.0362. The van der Waals surface area contributed by atoms with Crippen molar-refractivity contribution in [2.24, 2.45) is 0 Å². The van der Waals surface area contributed by atoms with Crippen molar-refractivity contribution in [3.63, 3.8) is 0 Å². The van der Waals surface area contributed by atoms with E-state index in [4.69, 9.17) is 4.74 Å². The summed E-state index contributed by atoms with van der Waals surface area (Å²) >= 11 is 0. The van der Waals surface area contributed by atoms with Crippen molar-refractivity contribution in [3.8, 4) is 5.75 Å². The minimum atomic E-state index is -3.67. The number of hydrogen-bond donors (Lipinski definition) is 1. The zero-order valence-corrected chi connectivity index (χ0v) is 13.4. The molecule has 0 amide bonds. The molecule has 0 radical (unpaired) electrons. The van der Waals surface area contributed by atoms with Crippen LogP contribution in [-0.4, -0.2) is 41.5 Å². The number of nitrogens with one attached hydrogen (secondary N) is 1. The molecule has 2 aromatic heterocycles. The van der Waals surface area contributed by atoms with Gasteiger partial charge in [0.2, 0.25) is 10.0 Å². The van der Waals surface area contributed by atoms with Gasteiger partial charge in [0.15, 0.2) is 0 Å². The van der Waals surface area contributed by atoms with E-state index in [-0.39, 0.29) is 11.4 Å². The summed E-state index contributed by atoms with van der Waals surface area (Å²) in [6, 6.07) is 1.53. The Morgan fingerprint density at radius 3 is 2.86 bits per heavy atom. The van der Waals surface area contributed by atoms with Crippen molar-refractivity contribution in [2.45, 2.75) is 31.7 Å². The van der Waals surface area contributed by atoms with Gasteiger partial charge in [-0.1, -0.05) is 5.21 Å². The van der Waals surface area contributed by atoms with Crippen LogP contribution in [0.3, 0.4) is 0 Å². The van der Waals surface area contributed by atoms with Crippen LogP contribution >= 0.6 is 0 Å². The van der Waals surface area contributed by atoms with E-state index in [1.54, 1.807) is 17.8 Å². The Kier molecular flexibility index (Phi) is 5.45. The van der Waals surface area contributed by atoms with Gasteiger partial charge in [0.25, 0.3) is 0 Å². The van der Waals surface area contributed by atoms with E-state index in [0.29, 0.717) is 18.8 Å². The molecule has 9 heteroatoms. The van der Waals surface area contributed by atoms with Gasteiger partial charge in [-0.3, -0.25) is 9.67 Å². The second kappa shape index (κ2) is 7.32. The first kappa shape index (κ1) is 16.4. The van der Waals surface area contributed by atoms with Crippen molar-refractivity contribution in [3.05, 3.63) is 30.4 Å². The van der Waals surface area contributed by atoms with Crippen molar-refractivity contribution in [1.29, 1.82) is 0 Å². The normalized spacial score (nSPS) is 11.5. The molecule has 120 valence electrons. The van der Waals surface area contributed by atoms with Crippen LogP contribution in [0.1, 0.15) is 19.5 Å². The molecule has 2 aromatic rings. The Hall–Kier alpha value is -2.00. The number of aryl methyl sites for hydroxylation is 1. The largest absolute Gasteiger partial charge is 0.492 e. The van der Waals surface area contributed by atoms with E-state index in [1.165, 1.54) is 18.5 Å². The maximum atomic E-state index is 12.3. The lowest BCUT2D eigenvalue weighted by Gasteiger charge is -2.10. The second-order valence-electron chi connectivity index (χ2n) is 4.47. The van der Waals surface area contributed by atoms with Crippen LogP contribution in [0, 0.1) is 0 Å². The molecule has 0 aliphatic rings. The number of ether oxygens (including phenoxy) is 1. The standard InChI is InChI=1S/C13H19N5O3S/c1-3-18-10-11(16-17-18)5-8-15-22(19,20)13-9-14-7-6-12(13)21-4-2/h6-7,9-10,15H,3-5,8H2,1-2H3. The molecular formula is C13H19N5O3S. The molecule has 0 fully saturated rings. The lowest BCUT2D eigenvalue weighted by molar-refractivity contribution is 0.330. The van der Waals surface area contributed by atoms with Gasteiger partial charge < -0.3 is 4.74 Å². The number of pyridine rings is 1. The second-order valence-corrected chi connectivity index (χ2v) is 6.20. The topological polar surface area (TPSA) is 99.0 Å². The molecule has 0 aromatic carbocycles. The zero-order valence-electron chi connectivity index (χ0n) is 12.6. The van der Waals surface area contributed by atoms with E-state index in [1.807, 2.05) is 6.92 Å². The molecule has 22 heavy (non-hydrogen) atoms. The van der Waals surface area contributed by atoms with E-state index in [2.05, 4.69) is 20.0 Å². The fourth-order valence-corrected chi connectivity index (χ4v) is 2.96. The first-order valence-electron chi connectivity index (χ1n) is 7.02. The van der Waals surface area contributed by atoms with Gasteiger partial charge in [0.1, 0.15) is 10.6 Å². The third-order valence-corrected chi connectivity index (χ3v) is 4.39. The molecule has 0 saturated carbocycles. The molecule has 0 aliphatic carbocycles. The molecule has 0 unspecified atom stereocenters. The Labute approximate surface area is 129 Å². The highest BCUT2D eigenvalue weighted by Gasteiger charge is 2.19. The third kappa shape index (κ3) is 4.01. The Balaban J connectivity index is 2.02. The number of hydrogen-bond acceptors (Lipinski definition) is 6. The van der Waals surface area contributed by atoms with Crippen molar-refractivity contribution < 1.29 is 13.2 Å². The average molecular weight is 325 g/mol. The average Bonchev–Trinajstić information content (AvgIpc) is 2.96. The summed E-state index contributed by atoms with van der Waals surface area (Å²) < 4.78 is 34.2. The smallest absolute Gasteiger partial charge is 0.245 e. The predicted molar refractivity (Wildman–Crippen MR) is 80.0 cm³/mol. The fraction of sp³-hybridized carbons (Fsp3) is 0.462. The molecular weight excluding hydrogens is 306 g/mol. The summed E-state index contributed by atoms with van der Waals surface area (Å²) in [4.78, 5) is 3.89. The van der Waals surface area contributed by atoms with Crippen LogP contribution in [0.4, 0.5) is 0 Å². The highest BCUT2D eigenvalue weighted by atomic mass is 32.2. The van der Waals surface area contributed by atoms with Crippen LogP contribution in [0.5, 0.6) is 5.75 Å². The summed E-state index contributed by atoms with van der Waals surface area (Å²) in [5.41, 5.74) is 0.737. The van der Waals surface area contributed by atoms with Crippen LogP contribution < -0.4 is 9.46 Å². The molecule has 2 rings (SSSR count). The first-order valence-corrected chi connectivity index (χ1v) is 8.50. The highest BCUT2D eigenvalue weighted by molar-refractivity contribution is 7.89. The summed E-state index contributed by atoms with van der Waals surface area (Å²) in [5, 5.41) is 7.87. The van der Waals surface area contributed by atoms with Crippen LogP contribution in [0.2, 0.25) is 0 Å². The highest BCUT2D eigenvalue weighted by Crippen LogP contribution is 2.21. The summed E-state index contributed by atoms with van der Waals surface area (Å²) in [6.45, 7) is 5.09.